The fraction of sp³-hybridized carbons (Fsp3) is 0.296. The van der Waals surface area contributed by atoms with Crippen molar-refractivity contribution in [3.05, 3.63) is 81.3 Å². The van der Waals surface area contributed by atoms with Gasteiger partial charge in [-0.25, -0.2) is 8.78 Å². The molecule has 1 aliphatic rings. The third-order valence-electron chi connectivity index (χ3n) is 7.05. The molecule has 1 aliphatic heterocycles. The molecule has 2 atom stereocenters. The number of amides is 2. The lowest BCUT2D eigenvalue weighted by Crippen LogP contribution is -2.55. The van der Waals surface area contributed by atoms with E-state index in [4.69, 9.17) is 5.73 Å². The number of halogens is 5. The van der Waals surface area contributed by atoms with Crippen LogP contribution in [0.1, 0.15) is 40.1 Å². The number of primary amides is 1. The fourth-order valence-corrected chi connectivity index (χ4v) is 4.71. The Morgan fingerprint density at radius 1 is 1.00 bits per heavy atom. The normalized spacial score (nSPS) is 18.1. The van der Waals surface area contributed by atoms with Crippen molar-refractivity contribution in [1.29, 1.82) is 0 Å². The van der Waals surface area contributed by atoms with Gasteiger partial charge in [-0.2, -0.15) is 13.2 Å². The molecule has 1 saturated heterocycles. The number of nitrogens with two attached hydrogens (primary N) is 1. The van der Waals surface area contributed by atoms with Gasteiger partial charge in [0.1, 0.15) is 11.6 Å². The van der Waals surface area contributed by atoms with Crippen molar-refractivity contribution >= 4 is 23.2 Å². The second-order valence-electron chi connectivity index (χ2n) is 9.75. The smallest absolute Gasteiger partial charge is 0.367 e. The van der Waals surface area contributed by atoms with Gasteiger partial charge in [-0.15, -0.1) is 0 Å². The number of carbonyl (C=O) groups is 2. The summed E-state index contributed by atoms with van der Waals surface area (Å²) in [5.74, 6) is -3.98. The molecule has 13 heteroatoms. The van der Waals surface area contributed by atoms with Crippen LogP contribution in [0.5, 0.6) is 0 Å². The number of aromatic amines is 1. The van der Waals surface area contributed by atoms with Crippen LogP contribution in [0.2, 0.25) is 0 Å². The molecule has 2 amide bonds. The molecule has 0 aliphatic carbocycles. The van der Waals surface area contributed by atoms with Crippen LogP contribution in [0.25, 0.3) is 11.1 Å². The predicted molar refractivity (Wildman–Crippen MR) is 139 cm³/mol. The van der Waals surface area contributed by atoms with Gasteiger partial charge in [0.25, 0.3) is 11.8 Å². The molecule has 4 N–H and O–H groups in total. The summed E-state index contributed by atoms with van der Waals surface area (Å²) in [4.78, 5) is 42.4. The Balaban J connectivity index is 1.86. The Kier molecular flexibility index (Phi) is 7.70. The summed E-state index contributed by atoms with van der Waals surface area (Å²) in [6.45, 7) is 4.73. The van der Waals surface area contributed by atoms with Crippen molar-refractivity contribution in [2.24, 2.45) is 5.73 Å². The minimum atomic E-state index is -5.00. The van der Waals surface area contributed by atoms with E-state index in [-0.39, 0.29) is 40.7 Å². The number of nitrogens with zero attached hydrogens (tertiary/aromatic N) is 2. The Hall–Kier alpha value is -4.26. The Bertz CT molecular complexity index is 1530. The summed E-state index contributed by atoms with van der Waals surface area (Å²) >= 11 is 0. The Labute approximate surface area is 225 Å². The van der Waals surface area contributed by atoms with E-state index in [1.807, 2.05) is 20.9 Å². The number of benzene rings is 2. The van der Waals surface area contributed by atoms with Crippen molar-refractivity contribution < 1.29 is 31.5 Å². The zero-order chi connectivity index (χ0) is 29.5. The van der Waals surface area contributed by atoms with E-state index in [0.29, 0.717) is 19.3 Å². The van der Waals surface area contributed by atoms with Crippen LogP contribution in [0.3, 0.4) is 0 Å². The van der Waals surface area contributed by atoms with Crippen LogP contribution in [0.4, 0.5) is 33.3 Å². The van der Waals surface area contributed by atoms with Crippen LogP contribution in [-0.2, 0) is 6.18 Å². The first-order chi connectivity index (χ1) is 18.7. The highest BCUT2D eigenvalue weighted by molar-refractivity contribution is 6.07. The number of alkyl halides is 3. The highest BCUT2D eigenvalue weighted by atomic mass is 19.4. The molecule has 1 fully saturated rings. The van der Waals surface area contributed by atoms with E-state index in [2.05, 4.69) is 15.2 Å². The predicted octanol–water partition coefficient (Wildman–Crippen LogP) is 4.22. The van der Waals surface area contributed by atoms with Gasteiger partial charge in [0.2, 0.25) is 5.56 Å². The molecule has 3 aromatic rings. The second kappa shape index (κ2) is 10.7. The van der Waals surface area contributed by atoms with E-state index in [0.717, 1.165) is 18.2 Å². The van der Waals surface area contributed by atoms with Gasteiger partial charge in [0, 0.05) is 43.0 Å². The number of anilines is 2. The quantitative estimate of drug-likeness (QED) is 0.403. The van der Waals surface area contributed by atoms with Crippen molar-refractivity contribution in [1.82, 2.24) is 9.88 Å². The molecule has 1 aromatic heterocycles. The molecule has 0 bridgehead atoms. The third-order valence-corrected chi connectivity index (χ3v) is 7.05. The molecule has 40 heavy (non-hydrogen) atoms. The minimum absolute atomic E-state index is 0.0151. The van der Waals surface area contributed by atoms with Gasteiger partial charge in [0.15, 0.2) is 0 Å². The first-order valence-electron chi connectivity index (χ1n) is 12.2. The van der Waals surface area contributed by atoms with Crippen LogP contribution < -0.4 is 21.5 Å². The number of carbonyl (C=O) groups excluding carboxylic acids is 2. The lowest BCUT2D eigenvalue weighted by Gasteiger charge is -2.44. The van der Waals surface area contributed by atoms with Gasteiger partial charge >= 0.3 is 6.18 Å². The van der Waals surface area contributed by atoms with Crippen LogP contribution in [0, 0.1) is 11.6 Å². The Morgan fingerprint density at radius 3 is 2.25 bits per heavy atom. The fourth-order valence-electron chi connectivity index (χ4n) is 4.71. The maximum absolute atomic E-state index is 15.6. The summed E-state index contributed by atoms with van der Waals surface area (Å²) in [6.07, 6.45) is -4.34. The van der Waals surface area contributed by atoms with Gasteiger partial charge in [-0.1, -0.05) is 6.07 Å². The maximum atomic E-state index is 15.6. The number of nitrogens with one attached hydrogen (secondary N) is 2. The highest BCUT2D eigenvalue weighted by Gasteiger charge is 2.36. The monoisotopic (exact) mass is 563 g/mol. The number of hydrogen-bond donors (Lipinski definition) is 3. The number of piperazine rings is 1. The molecule has 2 aromatic carbocycles. The molecule has 0 spiro atoms. The second-order valence-corrected chi connectivity index (χ2v) is 9.75. The average Bonchev–Trinajstić information content (AvgIpc) is 2.87. The van der Waals surface area contributed by atoms with E-state index in [1.165, 1.54) is 12.1 Å². The number of H-pyrrole nitrogens is 1. The average molecular weight is 564 g/mol. The maximum Gasteiger partial charge on any atom is 0.417 e. The lowest BCUT2D eigenvalue weighted by atomic mass is 9.99. The number of rotatable bonds is 5. The van der Waals surface area contributed by atoms with Crippen LogP contribution >= 0.6 is 0 Å². The zero-order valence-corrected chi connectivity index (χ0v) is 21.7. The minimum Gasteiger partial charge on any atom is -0.367 e. The largest absolute Gasteiger partial charge is 0.417 e. The molecular weight excluding hydrogens is 537 g/mol. The summed E-state index contributed by atoms with van der Waals surface area (Å²) < 4.78 is 70.5. The first kappa shape index (κ1) is 28.7. The number of aromatic nitrogens is 1. The molecule has 0 unspecified atom stereocenters. The standard InChI is InChI=1S/C27H26F5N5O3/c1-13-11-37(12-14(2)36(13)3)23-9-21(29)16(15-4-5-20(28)17(6-15)25(33)39)7-22(23)35-26(40)18-10-34-24(38)8-19(18)27(30,31)32/h4-10,13-14H,11-12H2,1-3H3,(H2,33,39)(H,34,38)(H,35,40)/t13-,14+. The lowest BCUT2D eigenvalue weighted by molar-refractivity contribution is -0.138. The van der Waals surface area contributed by atoms with E-state index >= 15 is 4.39 Å². The summed E-state index contributed by atoms with van der Waals surface area (Å²) in [7, 11) is 1.93. The van der Waals surface area contributed by atoms with Gasteiger partial charge in [-0.05, 0) is 50.7 Å². The zero-order valence-electron chi connectivity index (χ0n) is 21.7. The first-order valence-corrected chi connectivity index (χ1v) is 12.2. The van der Waals surface area contributed by atoms with Crippen molar-refractivity contribution in [3.8, 4) is 11.1 Å². The van der Waals surface area contributed by atoms with E-state index in [9.17, 15) is 31.9 Å². The van der Waals surface area contributed by atoms with E-state index < -0.39 is 51.9 Å². The molecule has 212 valence electrons. The van der Waals surface area contributed by atoms with Gasteiger partial charge < -0.3 is 20.9 Å². The molecular formula is C27H26F5N5O3. The molecule has 8 nitrogen and oxygen atoms in total. The summed E-state index contributed by atoms with van der Waals surface area (Å²) in [6, 6.07) is 5.82. The van der Waals surface area contributed by atoms with Gasteiger partial charge in [-0.3, -0.25) is 19.3 Å². The third kappa shape index (κ3) is 5.69. The molecule has 4 rings (SSSR count). The van der Waals surface area contributed by atoms with Gasteiger partial charge in [0.05, 0.1) is 28.1 Å². The molecule has 0 saturated carbocycles. The van der Waals surface area contributed by atoms with Crippen molar-refractivity contribution in [3.63, 3.8) is 0 Å². The number of likely N-dealkylation sites (N-methyl/N-ethyl adjacent to an activating group) is 1. The summed E-state index contributed by atoms with van der Waals surface area (Å²) in [5.41, 5.74) is 1.46. The summed E-state index contributed by atoms with van der Waals surface area (Å²) in [5, 5.41) is 2.43. The number of hydrogen-bond acceptors (Lipinski definition) is 5. The van der Waals surface area contributed by atoms with Crippen LogP contribution in [-0.4, -0.2) is 53.9 Å². The van der Waals surface area contributed by atoms with E-state index in [1.54, 1.807) is 4.90 Å². The highest BCUT2D eigenvalue weighted by Crippen LogP contribution is 2.37. The molecule has 2 heterocycles. The topological polar surface area (TPSA) is 112 Å². The van der Waals surface area contributed by atoms with Crippen LogP contribution in [0.15, 0.2) is 47.4 Å². The number of pyridine rings is 1. The Morgan fingerprint density at radius 2 is 1.65 bits per heavy atom. The molecule has 0 radical (unpaired) electrons. The SMILES string of the molecule is C[C@@H]1CN(c2cc(F)c(-c3ccc(F)c(C(N)=O)c3)cc2NC(=O)c2c[nH]c(=O)cc2C(F)(F)F)C[C@H](C)N1C. The van der Waals surface area contributed by atoms with Crippen molar-refractivity contribution in [2.45, 2.75) is 32.1 Å². The van der Waals surface area contributed by atoms with Crippen molar-refractivity contribution in [2.75, 3.05) is 30.4 Å².